The third-order valence-electron chi connectivity index (χ3n) is 1.75. The lowest BCUT2D eigenvalue weighted by Crippen LogP contribution is -2.35. The molecule has 0 spiro atoms. The summed E-state index contributed by atoms with van der Waals surface area (Å²) in [4.78, 5) is 0. The average Bonchev–Trinajstić information content (AvgIpc) is 1.80. The van der Waals surface area contributed by atoms with Crippen LogP contribution in [0.1, 0.15) is 27.2 Å². The SMILES string of the molecule is COCC[C@@H](N)C(C)(C)C. The van der Waals surface area contributed by atoms with E-state index in [1.54, 1.807) is 7.11 Å². The molecule has 0 aromatic carbocycles. The van der Waals surface area contributed by atoms with Crippen LogP contribution in [-0.2, 0) is 4.74 Å². The molecule has 1 atom stereocenters. The molecule has 0 amide bonds. The van der Waals surface area contributed by atoms with Gasteiger partial charge in [-0.2, -0.15) is 0 Å². The van der Waals surface area contributed by atoms with Gasteiger partial charge in [0.15, 0.2) is 0 Å². The van der Waals surface area contributed by atoms with Gasteiger partial charge in [0.25, 0.3) is 0 Å². The van der Waals surface area contributed by atoms with Crippen molar-refractivity contribution in [3.05, 3.63) is 0 Å². The lowest BCUT2D eigenvalue weighted by atomic mass is 9.86. The van der Waals surface area contributed by atoms with Crippen LogP contribution < -0.4 is 5.73 Å². The second kappa shape index (κ2) is 3.94. The average molecular weight is 145 g/mol. The highest BCUT2D eigenvalue weighted by Gasteiger charge is 2.19. The third kappa shape index (κ3) is 3.85. The fourth-order valence-corrected chi connectivity index (χ4v) is 0.678. The van der Waals surface area contributed by atoms with Gasteiger partial charge >= 0.3 is 0 Å². The van der Waals surface area contributed by atoms with Gasteiger partial charge in [-0.25, -0.2) is 0 Å². The molecule has 2 N–H and O–H groups in total. The largest absolute Gasteiger partial charge is 0.385 e. The van der Waals surface area contributed by atoms with E-state index in [9.17, 15) is 0 Å². The first-order valence-electron chi connectivity index (χ1n) is 3.73. The maximum absolute atomic E-state index is 5.86. The molecule has 0 aliphatic carbocycles. The minimum atomic E-state index is 0.207. The lowest BCUT2D eigenvalue weighted by molar-refractivity contribution is 0.166. The summed E-state index contributed by atoms with van der Waals surface area (Å²) in [6.07, 6.45) is 0.944. The van der Waals surface area contributed by atoms with Crippen LogP contribution in [0.25, 0.3) is 0 Å². The fourth-order valence-electron chi connectivity index (χ4n) is 0.678. The molecule has 0 saturated carbocycles. The fraction of sp³-hybridized carbons (Fsp3) is 1.00. The van der Waals surface area contributed by atoms with Gasteiger partial charge < -0.3 is 10.5 Å². The molecule has 0 unspecified atom stereocenters. The monoisotopic (exact) mass is 145 g/mol. The summed E-state index contributed by atoms with van der Waals surface area (Å²) < 4.78 is 4.93. The van der Waals surface area contributed by atoms with E-state index in [1.807, 2.05) is 0 Å². The molecule has 0 aromatic rings. The van der Waals surface area contributed by atoms with Gasteiger partial charge in [-0.05, 0) is 11.8 Å². The normalized spacial score (nSPS) is 15.3. The molecule has 2 nitrogen and oxygen atoms in total. The zero-order chi connectivity index (χ0) is 8.20. The molecule has 0 aliphatic rings. The van der Waals surface area contributed by atoms with Gasteiger partial charge in [0.1, 0.15) is 0 Å². The molecule has 62 valence electrons. The number of hydrogen-bond donors (Lipinski definition) is 1. The quantitative estimate of drug-likeness (QED) is 0.651. The Hall–Kier alpha value is -0.0800. The Labute approximate surface area is 63.7 Å². The summed E-state index contributed by atoms with van der Waals surface area (Å²) in [6, 6.07) is 0.243. The second-order valence-corrected chi connectivity index (χ2v) is 3.75. The van der Waals surface area contributed by atoms with E-state index >= 15 is 0 Å². The van der Waals surface area contributed by atoms with Crippen LogP contribution in [0.5, 0.6) is 0 Å². The standard InChI is InChI=1S/C8H19NO/c1-8(2,3)7(9)5-6-10-4/h7H,5-6,9H2,1-4H3/t7-/m1/s1. The molecule has 0 saturated heterocycles. The molecule has 0 rings (SSSR count). The van der Waals surface area contributed by atoms with Gasteiger partial charge in [-0.15, -0.1) is 0 Å². The Bertz CT molecular complexity index is 85.7. The van der Waals surface area contributed by atoms with Crippen LogP contribution in [0.15, 0.2) is 0 Å². The van der Waals surface area contributed by atoms with Gasteiger partial charge in [0.05, 0.1) is 0 Å². The molecule has 0 fully saturated rings. The van der Waals surface area contributed by atoms with Gasteiger partial charge in [0, 0.05) is 19.8 Å². The van der Waals surface area contributed by atoms with E-state index in [2.05, 4.69) is 20.8 Å². The molecular weight excluding hydrogens is 126 g/mol. The number of ether oxygens (including phenoxy) is 1. The van der Waals surface area contributed by atoms with Crippen molar-refractivity contribution >= 4 is 0 Å². The first-order valence-corrected chi connectivity index (χ1v) is 3.73. The van der Waals surface area contributed by atoms with Gasteiger partial charge in [-0.1, -0.05) is 20.8 Å². The van der Waals surface area contributed by atoms with Crippen LogP contribution in [-0.4, -0.2) is 19.8 Å². The number of nitrogens with two attached hydrogens (primary N) is 1. The highest BCUT2D eigenvalue weighted by Crippen LogP contribution is 2.19. The summed E-state index contributed by atoms with van der Waals surface area (Å²) in [5, 5.41) is 0. The van der Waals surface area contributed by atoms with E-state index in [-0.39, 0.29) is 11.5 Å². The summed E-state index contributed by atoms with van der Waals surface area (Å²) in [6.45, 7) is 7.20. The van der Waals surface area contributed by atoms with Crippen molar-refractivity contribution in [3.63, 3.8) is 0 Å². The van der Waals surface area contributed by atoms with E-state index in [0.717, 1.165) is 13.0 Å². The van der Waals surface area contributed by atoms with Crippen molar-refractivity contribution in [2.45, 2.75) is 33.2 Å². The van der Waals surface area contributed by atoms with Gasteiger partial charge in [0.2, 0.25) is 0 Å². The maximum Gasteiger partial charge on any atom is 0.0477 e. The molecule has 0 aliphatic heterocycles. The maximum atomic E-state index is 5.86. The smallest absolute Gasteiger partial charge is 0.0477 e. The Balaban J connectivity index is 3.52. The molecule has 0 radical (unpaired) electrons. The third-order valence-corrected chi connectivity index (χ3v) is 1.75. The summed E-state index contributed by atoms with van der Waals surface area (Å²) in [5.41, 5.74) is 6.06. The Kier molecular flexibility index (Phi) is 3.91. The van der Waals surface area contributed by atoms with Crippen LogP contribution in [0.4, 0.5) is 0 Å². The number of rotatable bonds is 3. The van der Waals surface area contributed by atoms with Crippen LogP contribution in [0.3, 0.4) is 0 Å². The molecule has 0 aromatic heterocycles. The Morgan fingerprint density at radius 3 is 2.20 bits per heavy atom. The van der Waals surface area contributed by atoms with Crippen LogP contribution >= 0.6 is 0 Å². The minimum Gasteiger partial charge on any atom is -0.385 e. The van der Waals surface area contributed by atoms with Crippen molar-refractivity contribution in [2.24, 2.45) is 11.1 Å². The first-order chi connectivity index (χ1) is 4.48. The van der Waals surface area contributed by atoms with Crippen molar-refractivity contribution < 1.29 is 4.74 Å². The molecule has 10 heavy (non-hydrogen) atoms. The summed E-state index contributed by atoms with van der Waals surface area (Å²) in [5.74, 6) is 0. The first kappa shape index (κ1) is 9.92. The van der Waals surface area contributed by atoms with E-state index in [4.69, 9.17) is 10.5 Å². The predicted octanol–water partition coefficient (Wildman–Crippen LogP) is 1.40. The second-order valence-electron chi connectivity index (χ2n) is 3.75. The van der Waals surface area contributed by atoms with E-state index in [0.29, 0.717) is 0 Å². The highest BCUT2D eigenvalue weighted by molar-refractivity contribution is 4.76. The van der Waals surface area contributed by atoms with Crippen molar-refractivity contribution in [2.75, 3.05) is 13.7 Å². The lowest BCUT2D eigenvalue weighted by Gasteiger charge is -2.26. The topological polar surface area (TPSA) is 35.2 Å². The van der Waals surface area contributed by atoms with Crippen LogP contribution in [0, 0.1) is 5.41 Å². The number of methoxy groups -OCH3 is 1. The van der Waals surface area contributed by atoms with E-state index < -0.39 is 0 Å². The van der Waals surface area contributed by atoms with Crippen molar-refractivity contribution in [3.8, 4) is 0 Å². The van der Waals surface area contributed by atoms with Crippen molar-refractivity contribution in [1.29, 1.82) is 0 Å². The highest BCUT2D eigenvalue weighted by atomic mass is 16.5. The molecule has 0 bridgehead atoms. The van der Waals surface area contributed by atoms with E-state index in [1.165, 1.54) is 0 Å². The molecule has 2 heteroatoms. The zero-order valence-corrected chi connectivity index (χ0v) is 7.48. The molecule has 0 heterocycles. The summed E-state index contributed by atoms with van der Waals surface area (Å²) >= 11 is 0. The predicted molar refractivity (Wildman–Crippen MR) is 43.9 cm³/mol. The molecular formula is C8H19NO. The van der Waals surface area contributed by atoms with Crippen molar-refractivity contribution in [1.82, 2.24) is 0 Å². The summed E-state index contributed by atoms with van der Waals surface area (Å²) in [7, 11) is 1.70. The number of hydrogen-bond acceptors (Lipinski definition) is 2. The Morgan fingerprint density at radius 1 is 1.40 bits per heavy atom. The van der Waals surface area contributed by atoms with Crippen LogP contribution in [0.2, 0.25) is 0 Å². The van der Waals surface area contributed by atoms with Gasteiger partial charge in [-0.3, -0.25) is 0 Å². The Morgan fingerprint density at radius 2 is 1.90 bits per heavy atom. The zero-order valence-electron chi connectivity index (χ0n) is 7.48. The minimum absolute atomic E-state index is 0.207.